The number of aliphatic hydroxyl groups excluding tert-OH is 1. The number of carbonyl (C=O) groups is 2. The number of aliphatic carboxylic acids is 1. The van der Waals surface area contributed by atoms with Crippen LogP contribution in [0.1, 0.15) is 28.5 Å². The summed E-state index contributed by atoms with van der Waals surface area (Å²) >= 11 is 0. The first-order chi connectivity index (χ1) is 25.1. The zero-order valence-corrected chi connectivity index (χ0v) is 28.2. The molecule has 10 nitrogen and oxygen atoms in total. The van der Waals surface area contributed by atoms with Gasteiger partial charge in [0.25, 0.3) is 5.89 Å². The first-order valence-corrected chi connectivity index (χ1v) is 16.2. The summed E-state index contributed by atoms with van der Waals surface area (Å²) in [4.78, 5) is 30.2. The third-order valence-electron chi connectivity index (χ3n) is 8.43. The van der Waals surface area contributed by atoms with E-state index < -0.39 is 48.3 Å². The molecule has 0 aliphatic carbocycles. The van der Waals surface area contributed by atoms with Crippen molar-refractivity contribution >= 4 is 17.6 Å². The minimum atomic E-state index is -1.31. The number of ether oxygens (including phenoxy) is 1. The number of carboxylic acid groups (broad SMARTS) is 1. The maximum absolute atomic E-state index is 14.5. The molecule has 0 saturated carbocycles. The van der Waals surface area contributed by atoms with Gasteiger partial charge in [-0.2, -0.15) is 4.98 Å². The second kappa shape index (κ2) is 15.8. The summed E-state index contributed by atoms with van der Waals surface area (Å²) in [5.41, 5.74) is 5.81. The number of rotatable bonds is 13. The standard InChI is InChI=1S/C40H34F2N4O6/c1-24-3-7-26(8-4-24)27-11-13-29(14-12-27)39-44-38(45-52-39)28-9-5-25(6-10-28)22-46(23-36(48)49)40(50)30-15-17-31(18-16-30)43-35(47)21-32-33(41)19-20-34(51-2)37(32)42/h3-20,40,50H,21-23H2,1-2H3,(H,43,47)(H,48,49). The van der Waals surface area contributed by atoms with Crippen molar-refractivity contribution < 1.29 is 37.8 Å². The summed E-state index contributed by atoms with van der Waals surface area (Å²) in [5.74, 6) is -3.05. The highest BCUT2D eigenvalue weighted by Crippen LogP contribution is 2.28. The lowest BCUT2D eigenvalue weighted by atomic mass is 10.0. The Kier molecular flexibility index (Phi) is 10.8. The van der Waals surface area contributed by atoms with Gasteiger partial charge in [0.15, 0.2) is 11.6 Å². The quantitative estimate of drug-likeness (QED) is 0.105. The van der Waals surface area contributed by atoms with Crippen molar-refractivity contribution in [1.82, 2.24) is 15.0 Å². The molecule has 3 N–H and O–H groups in total. The topological polar surface area (TPSA) is 138 Å². The molecule has 0 aliphatic heterocycles. The Bertz CT molecular complexity index is 2170. The van der Waals surface area contributed by atoms with Gasteiger partial charge >= 0.3 is 5.97 Å². The fourth-order valence-corrected chi connectivity index (χ4v) is 5.62. The van der Waals surface area contributed by atoms with Crippen molar-refractivity contribution in [2.75, 3.05) is 19.0 Å². The van der Waals surface area contributed by atoms with Gasteiger partial charge in [0.1, 0.15) is 12.0 Å². The number of hydrogen-bond donors (Lipinski definition) is 3. The molecule has 264 valence electrons. The second-order valence-electron chi connectivity index (χ2n) is 12.1. The number of hydrogen-bond acceptors (Lipinski definition) is 8. The number of aliphatic hydroxyl groups is 1. The van der Waals surface area contributed by atoms with Crippen molar-refractivity contribution in [2.45, 2.75) is 26.1 Å². The van der Waals surface area contributed by atoms with Crippen LogP contribution in [0.4, 0.5) is 14.5 Å². The number of amides is 1. The molecule has 0 bridgehead atoms. The largest absolute Gasteiger partial charge is 0.494 e. The number of aromatic nitrogens is 2. The summed E-state index contributed by atoms with van der Waals surface area (Å²) < 4.78 is 39.1. The molecule has 0 aliphatic rings. The zero-order valence-electron chi connectivity index (χ0n) is 28.2. The Hall–Kier alpha value is -6.24. The van der Waals surface area contributed by atoms with E-state index in [1.54, 1.807) is 24.3 Å². The van der Waals surface area contributed by atoms with Gasteiger partial charge < -0.3 is 24.8 Å². The lowest BCUT2D eigenvalue weighted by Crippen LogP contribution is -2.33. The Labute approximate surface area is 297 Å². The predicted octanol–water partition coefficient (Wildman–Crippen LogP) is 7.42. The number of nitrogens with zero attached hydrogens (tertiary/aromatic N) is 3. The van der Waals surface area contributed by atoms with Crippen molar-refractivity contribution in [3.05, 3.63) is 143 Å². The van der Waals surface area contributed by atoms with Gasteiger partial charge in [-0.15, -0.1) is 0 Å². The summed E-state index contributed by atoms with van der Waals surface area (Å²) in [6, 6.07) is 31.5. The molecule has 1 unspecified atom stereocenters. The third kappa shape index (κ3) is 8.37. The lowest BCUT2D eigenvalue weighted by molar-refractivity contribution is -0.142. The van der Waals surface area contributed by atoms with Crippen LogP contribution < -0.4 is 10.1 Å². The fourth-order valence-electron chi connectivity index (χ4n) is 5.62. The van der Waals surface area contributed by atoms with Crippen LogP contribution in [0.15, 0.2) is 114 Å². The first kappa shape index (κ1) is 35.6. The Morgan fingerprint density at radius 1 is 0.846 bits per heavy atom. The van der Waals surface area contributed by atoms with E-state index in [4.69, 9.17) is 9.26 Å². The minimum absolute atomic E-state index is 0.0920. The van der Waals surface area contributed by atoms with Crippen LogP contribution in [0.25, 0.3) is 34.0 Å². The molecule has 5 aromatic carbocycles. The number of aryl methyl sites for hydroxylation is 1. The number of methoxy groups -OCH3 is 1. The highest BCUT2D eigenvalue weighted by Gasteiger charge is 2.22. The minimum Gasteiger partial charge on any atom is -0.494 e. The van der Waals surface area contributed by atoms with Crippen LogP contribution >= 0.6 is 0 Å². The molecule has 52 heavy (non-hydrogen) atoms. The summed E-state index contributed by atoms with van der Waals surface area (Å²) in [5, 5.41) is 27.4. The Morgan fingerprint density at radius 3 is 2.10 bits per heavy atom. The number of nitrogens with one attached hydrogen (secondary N) is 1. The molecule has 1 heterocycles. The monoisotopic (exact) mass is 704 g/mol. The van der Waals surface area contributed by atoms with E-state index >= 15 is 0 Å². The molecule has 1 aromatic heterocycles. The maximum atomic E-state index is 14.5. The van der Waals surface area contributed by atoms with Gasteiger partial charge in [-0.05, 0) is 65.6 Å². The number of anilines is 1. The highest BCUT2D eigenvalue weighted by molar-refractivity contribution is 5.92. The third-order valence-corrected chi connectivity index (χ3v) is 8.43. The molecule has 6 rings (SSSR count). The Morgan fingerprint density at radius 2 is 1.46 bits per heavy atom. The van der Waals surface area contributed by atoms with Crippen LogP contribution in [0.5, 0.6) is 5.75 Å². The molecule has 12 heteroatoms. The van der Waals surface area contributed by atoms with Gasteiger partial charge in [0, 0.05) is 28.9 Å². The summed E-state index contributed by atoms with van der Waals surface area (Å²) in [6.07, 6.45) is -1.88. The second-order valence-corrected chi connectivity index (χ2v) is 12.1. The van der Waals surface area contributed by atoms with E-state index in [2.05, 4.69) is 39.7 Å². The summed E-state index contributed by atoms with van der Waals surface area (Å²) in [7, 11) is 1.24. The zero-order chi connectivity index (χ0) is 36.8. The smallest absolute Gasteiger partial charge is 0.317 e. The van der Waals surface area contributed by atoms with Crippen molar-refractivity contribution in [2.24, 2.45) is 0 Å². The maximum Gasteiger partial charge on any atom is 0.317 e. The van der Waals surface area contributed by atoms with Gasteiger partial charge in [-0.25, -0.2) is 8.78 Å². The van der Waals surface area contributed by atoms with Crippen molar-refractivity contribution in [3.8, 4) is 39.7 Å². The molecule has 1 amide bonds. The molecule has 0 fully saturated rings. The van der Waals surface area contributed by atoms with E-state index in [1.165, 1.54) is 41.8 Å². The Balaban J connectivity index is 1.09. The fraction of sp³-hybridized carbons (Fsp3) is 0.150. The van der Waals surface area contributed by atoms with Crippen molar-refractivity contribution in [1.29, 1.82) is 0 Å². The molecule has 1 atom stereocenters. The number of benzene rings is 5. The normalized spacial score (nSPS) is 11.7. The number of carboxylic acids is 1. The van der Waals surface area contributed by atoms with E-state index in [0.29, 0.717) is 28.5 Å². The van der Waals surface area contributed by atoms with Crippen LogP contribution in [0.3, 0.4) is 0 Å². The summed E-state index contributed by atoms with van der Waals surface area (Å²) in [6.45, 7) is 1.68. The van der Waals surface area contributed by atoms with Crippen molar-refractivity contribution in [3.63, 3.8) is 0 Å². The van der Waals surface area contributed by atoms with E-state index in [-0.39, 0.29) is 12.3 Å². The molecule has 0 radical (unpaired) electrons. The number of halogens is 2. The molecular formula is C40H34F2N4O6. The van der Waals surface area contributed by atoms with Crippen LogP contribution in [0.2, 0.25) is 0 Å². The van der Waals surface area contributed by atoms with Gasteiger partial charge in [-0.3, -0.25) is 14.5 Å². The van der Waals surface area contributed by atoms with Crippen LogP contribution in [0, 0.1) is 18.6 Å². The van der Waals surface area contributed by atoms with Crippen LogP contribution in [-0.2, 0) is 22.6 Å². The highest BCUT2D eigenvalue weighted by atomic mass is 19.1. The van der Waals surface area contributed by atoms with Gasteiger partial charge in [0.05, 0.1) is 20.1 Å². The molecule has 6 aromatic rings. The SMILES string of the molecule is COc1ccc(F)c(CC(=O)Nc2ccc(C(O)N(CC(=O)O)Cc3ccc(-c4noc(-c5ccc(-c6ccc(C)cc6)cc5)n4)cc3)cc2)c1F. The molecular weight excluding hydrogens is 670 g/mol. The van der Waals surface area contributed by atoms with E-state index in [9.17, 15) is 28.6 Å². The van der Waals surface area contributed by atoms with E-state index in [1.807, 2.05) is 31.2 Å². The molecule has 0 spiro atoms. The predicted molar refractivity (Wildman–Crippen MR) is 190 cm³/mol. The van der Waals surface area contributed by atoms with Crippen LogP contribution in [-0.4, -0.2) is 50.8 Å². The number of carbonyl (C=O) groups excluding carboxylic acids is 1. The van der Waals surface area contributed by atoms with Gasteiger partial charge in [0.2, 0.25) is 11.7 Å². The van der Waals surface area contributed by atoms with Gasteiger partial charge in [-0.1, -0.05) is 83.5 Å². The first-order valence-electron chi connectivity index (χ1n) is 16.2. The average Bonchev–Trinajstić information content (AvgIpc) is 3.64. The average molecular weight is 705 g/mol. The van der Waals surface area contributed by atoms with E-state index in [0.717, 1.165) is 34.4 Å². The molecule has 0 saturated heterocycles. The lowest BCUT2D eigenvalue weighted by Gasteiger charge is -2.27.